The van der Waals surface area contributed by atoms with Gasteiger partial charge in [-0.2, -0.15) is 0 Å². The van der Waals surface area contributed by atoms with Crippen molar-refractivity contribution in [2.45, 2.75) is 13.3 Å². The molecule has 0 amide bonds. The van der Waals surface area contributed by atoms with Crippen molar-refractivity contribution < 1.29 is 14.3 Å². The largest absolute Gasteiger partial charge is 0.481 e. The maximum Gasteiger partial charge on any atom is 0.307 e. The summed E-state index contributed by atoms with van der Waals surface area (Å²) in [7, 11) is 0. The molecule has 0 aliphatic carbocycles. The third-order valence-electron chi connectivity index (χ3n) is 2.35. The number of carboxylic acid groups (broad SMARTS) is 1. The predicted octanol–water partition coefficient (Wildman–Crippen LogP) is 2.88. The van der Waals surface area contributed by atoms with Crippen molar-refractivity contribution >= 4 is 5.97 Å². The second-order valence-corrected chi connectivity index (χ2v) is 3.76. The maximum atomic E-state index is 10.5. The molecule has 0 radical (unpaired) electrons. The van der Waals surface area contributed by atoms with E-state index in [1.165, 1.54) is 11.8 Å². The first-order chi connectivity index (χ1) is 7.65. The van der Waals surface area contributed by atoms with Crippen LogP contribution in [0.25, 0.3) is 11.3 Å². The minimum atomic E-state index is -0.851. The SMILES string of the molecule is Cc1ccc(-c2cc(CC(=O)O)co2)cc1. The van der Waals surface area contributed by atoms with Gasteiger partial charge in [0.05, 0.1) is 12.7 Å². The lowest BCUT2D eigenvalue weighted by atomic mass is 10.1. The first-order valence-corrected chi connectivity index (χ1v) is 5.01. The van der Waals surface area contributed by atoms with Crippen molar-refractivity contribution in [1.82, 2.24) is 0 Å². The van der Waals surface area contributed by atoms with Gasteiger partial charge in [-0.3, -0.25) is 4.79 Å². The molecule has 1 N–H and O–H groups in total. The Balaban J connectivity index is 2.24. The van der Waals surface area contributed by atoms with Gasteiger partial charge in [0.2, 0.25) is 0 Å². The number of aryl methyl sites for hydroxylation is 1. The highest BCUT2D eigenvalue weighted by Gasteiger charge is 2.07. The highest BCUT2D eigenvalue weighted by atomic mass is 16.4. The summed E-state index contributed by atoms with van der Waals surface area (Å²) >= 11 is 0. The Morgan fingerprint density at radius 3 is 2.62 bits per heavy atom. The minimum absolute atomic E-state index is 0.00460. The molecular formula is C13H12O3. The number of rotatable bonds is 3. The van der Waals surface area contributed by atoms with Crippen LogP contribution < -0.4 is 0 Å². The van der Waals surface area contributed by atoms with Gasteiger partial charge in [-0.15, -0.1) is 0 Å². The summed E-state index contributed by atoms with van der Waals surface area (Å²) in [5.74, 6) is -0.146. The van der Waals surface area contributed by atoms with Crippen molar-refractivity contribution in [2.75, 3.05) is 0 Å². The average molecular weight is 216 g/mol. The van der Waals surface area contributed by atoms with E-state index < -0.39 is 5.97 Å². The van der Waals surface area contributed by atoms with E-state index in [1.807, 2.05) is 31.2 Å². The van der Waals surface area contributed by atoms with Crippen LogP contribution in [0, 0.1) is 6.92 Å². The van der Waals surface area contributed by atoms with Gasteiger partial charge in [-0.1, -0.05) is 29.8 Å². The highest BCUT2D eigenvalue weighted by molar-refractivity contribution is 5.71. The second-order valence-electron chi connectivity index (χ2n) is 3.76. The molecule has 0 aliphatic heterocycles. The summed E-state index contributed by atoms with van der Waals surface area (Å²) in [6.45, 7) is 2.02. The first kappa shape index (κ1) is 10.5. The standard InChI is InChI=1S/C13H12O3/c1-9-2-4-11(5-3-9)12-6-10(8-16-12)7-13(14)15/h2-6,8H,7H2,1H3,(H,14,15). The molecule has 1 aromatic carbocycles. The van der Waals surface area contributed by atoms with Gasteiger partial charge in [0.15, 0.2) is 0 Å². The fourth-order valence-electron chi connectivity index (χ4n) is 1.51. The van der Waals surface area contributed by atoms with E-state index in [0.717, 1.165) is 5.56 Å². The van der Waals surface area contributed by atoms with E-state index in [-0.39, 0.29) is 6.42 Å². The molecule has 0 atom stereocenters. The van der Waals surface area contributed by atoms with Crippen LogP contribution in [0.1, 0.15) is 11.1 Å². The van der Waals surface area contributed by atoms with Crippen LogP contribution >= 0.6 is 0 Å². The lowest BCUT2D eigenvalue weighted by Gasteiger charge is -1.96. The molecule has 2 aromatic rings. The lowest BCUT2D eigenvalue weighted by molar-refractivity contribution is -0.136. The van der Waals surface area contributed by atoms with Crippen molar-refractivity contribution in [3.8, 4) is 11.3 Å². The van der Waals surface area contributed by atoms with E-state index in [4.69, 9.17) is 9.52 Å². The van der Waals surface area contributed by atoms with Crippen molar-refractivity contribution in [3.05, 3.63) is 47.7 Å². The maximum absolute atomic E-state index is 10.5. The number of carbonyl (C=O) groups is 1. The number of hydrogen-bond acceptors (Lipinski definition) is 2. The molecule has 0 aliphatic rings. The van der Waals surface area contributed by atoms with E-state index >= 15 is 0 Å². The Morgan fingerprint density at radius 2 is 2.00 bits per heavy atom. The molecule has 82 valence electrons. The zero-order valence-corrected chi connectivity index (χ0v) is 8.93. The topological polar surface area (TPSA) is 50.4 Å². The van der Waals surface area contributed by atoms with E-state index in [2.05, 4.69) is 0 Å². The molecular weight excluding hydrogens is 204 g/mol. The second kappa shape index (κ2) is 4.23. The molecule has 0 unspecified atom stereocenters. The summed E-state index contributed by atoms with van der Waals surface area (Å²) < 4.78 is 5.33. The molecule has 0 spiro atoms. The number of aliphatic carboxylic acids is 1. The van der Waals surface area contributed by atoms with Crippen LogP contribution in [-0.4, -0.2) is 11.1 Å². The molecule has 3 heteroatoms. The highest BCUT2D eigenvalue weighted by Crippen LogP contribution is 2.22. The molecule has 1 aromatic heterocycles. The van der Waals surface area contributed by atoms with Gasteiger partial charge in [-0.25, -0.2) is 0 Å². The van der Waals surface area contributed by atoms with Crippen molar-refractivity contribution in [1.29, 1.82) is 0 Å². The molecule has 0 fully saturated rings. The number of hydrogen-bond donors (Lipinski definition) is 1. The van der Waals surface area contributed by atoms with Crippen LogP contribution in [0.4, 0.5) is 0 Å². The summed E-state index contributed by atoms with van der Waals surface area (Å²) in [6, 6.07) is 9.67. The van der Waals surface area contributed by atoms with Crippen LogP contribution in [0.3, 0.4) is 0 Å². The molecule has 0 bridgehead atoms. The fourth-order valence-corrected chi connectivity index (χ4v) is 1.51. The third kappa shape index (κ3) is 2.31. The van der Waals surface area contributed by atoms with Crippen molar-refractivity contribution in [2.24, 2.45) is 0 Å². The molecule has 1 heterocycles. The summed E-state index contributed by atoms with van der Waals surface area (Å²) in [4.78, 5) is 10.5. The Morgan fingerprint density at radius 1 is 1.31 bits per heavy atom. The molecule has 0 saturated carbocycles. The average Bonchev–Trinajstić information content (AvgIpc) is 2.66. The van der Waals surface area contributed by atoms with Gasteiger partial charge in [0.1, 0.15) is 5.76 Å². The van der Waals surface area contributed by atoms with Crippen LogP contribution in [0.15, 0.2) is 41.0 Å². The molecule has 2 rings (SSSR count). The predicted molar refractivity (Wildman–Crippen MR) is 60.2 cm³/mol. The Bertz CT molecular complexity index is 494. The molecule has 3 nitrogen and oxygen atoms in total. The summed E-state index contributed by atoms with van der Waals surface area (Å²) in [5.41, 5.74) is 2.83. The van der Waals surface area contributed by atoms with Gasteiger partial charge >= 0.3 is 5.97 Å². The summed E-state index contributed by atoms with van der Waals surface area (Å²) in [6.07, 6.45) is 1.48. The van der Waals surface area contributed by atoms with Gasteiger partial charge in [0.25, 0.3) is 0 Å². The third-order valence-corrected chi connectivity index (χ3v) is 2.35. The van der Waals surface area contributed by atoms with Crippen LogP contribution in [0.5, 0.6) is 0 Å². The van der Waals surface area contributed by atoms with E-state index in [1.54, 1.807) is 6.07 Å². The van der Waals surface area contributed by atoms with Gasteiger partial charge < -0.3 is 9.52 Å². The normalized spacial score (nSPS) is 10.3. The quantitative estimate of drug-likeness (QED) is 0.858. The summed E-state index contributed by atoms with van der Waals surface area (Å²) in [5, 5.41) is 8.64. The zero-order chi connectivity index (χ0) is 11.5. The van der Waals surface area contributed by atoms with Crippen LogP contribution in [-0.2, 0) is 11.2 Å². The van der Waals surface area contributed by atoms with Crippen LogP contribution in [0.2, 0.25) is 0 Å². The lowest BCUT2D eigenvalue weighted by Crippen LogP contribution is -1.97. The number of benzene rings is 1. The Labute approximate surface area is 93.3 Å². The van der Waals surface area contributed by atoms with E-state index in [0.29, 0.717) is 11.3 Å². The minimum Gasteiger partial charge on any atom is -0.481 e. The smallest absolute Gasteiger partial charge is 0.307 e. The monoisotopic (exact) mass is 216 g/mol. The zero-order valence-electron chi connectivity index (χ0n) is 8.93. The number of furan rings is 1. The Hall–Kier alpha value is -2.03. The first-order valence-electron chi connectivity index (χ1n) is 5.01. The Kier molecular flexibility index (Phi) is 2.77. The van der Waals surface area contributed by atoms with E-state index in [9.17, 15) is 4.79 Å². The van der Waals surface area contributed by atoms with Crippen molar-refractivity contribution in [3.63, 3.8) is 0 Å². The van der Waals surface area contributed by atoms with Gasteiger partial charge in [-0.05, 0) is 13.0 Å². The molecule has 0 saturated heterocycles. The fraction of sp³-hybridized carbons (Fsp3) is 0.154. The number of carboxylic acids is 1. The van der Waals surface area contributed by atoms with Gasteiger partial charge in [0, 0.05) is 11.1 Å². The molecule has 16 heavy (non-hydrogen) atoms.